The van der Waals surface area contributed by atoms with Gasteiger partial charge in [-0.2, -0.15) is 0 Å². The highest BCUT2D eigenvalue weighted by atomic mass is 16.5. The molecular weight excluding hydrogens is 390 g/mol. The van der Waals surface area contributed by atoms with Gasteiger partial charge >= 0.3 is 5.97 Å². The number of quaternary nitrogens is 2. The number of piperidine rings is 1. The van der Waals surface area contributed by atoms with Gasteiger partial charge in [0.25, 0.3) is 5.91 Å². The van der Waals surface area contributed by atoms with Crippen molar-refractivity contribution in [1.29, 1.82) is 0 Å². The van der Waals surface area contributed by atoms with E-state index in [2.05, 4.69) is 42.5 Å². The van der Waals surface area contributed by atoms with Crippen LogP contribution in [-0.2, 0) is 20.9 Å². The molecule has 2 aromatic carbocycles. The van der Waals surface area contributed by atoms with Crippen molar-refractivity contribution < 1.29 is 24.1 Å². The molecule has 1 amide bonds. The standard InChI is InChI=1S/C25H33N3O3/c1-2-31-25(30)22-10-6-12-27(18-22)19-24(29)28-15-13-26(14-16-28)17-21-9-5-8-20-7-3-4-11-23(20)21/h3-5,7-9,11,22H,2,6,10,12-19H2,1H3/p+2/t22-/m1/s1. The lowest BCUT2D eigenvalue weighted by Crippen LogP contribution is -3.15. The van der Waals surface area contributed by atoms with Gasteiger partial charge in [0.05, 0.1) is 45.9 Å². The summed E-state index contributed by atoms with van der Waals surface area (Å²) in [6.45, 7) is 9.04. The predicted molar refractivity (Wildman–Crippen MR) is 120 cm³/mol. The average Bonchev–Trinajstić information content (AvgIpc) is 2.80. The number of esters is 1. The van der Waals surface area contributed by atoms with Gasteiger partial charge in [-0.1, -0.05) is 42.5 Å². The minimum absolute atomic E-state index is 0.0570. The number of fused-ring (bicyclic) bond motifs is 1. The summed E-state index contributed by atoms with van der Waals surface area (Å²) < 4.78 is 5.19. The van der Waals surface area contributed by atoms with Crippen LogP contribution in [0.2, 0.25) is 0 Å². The van der Waals surface area contributed by atoms with Gasteiger partial charge in [0.2, 0.25) is 0 Å². The Kier molecular flexibility index (Phi) is 7.20. The number of carbonyl (C=O) groups is 2. The molecule has 0 bridgehead atoms. The topological polar surface area (TPSA) is 55.5 Å². The molecule has 2 saturated heterocycles. The summed E-state index contributed by atoms with van der Waals surface area (Å²) in [4.78, 5) is 29.7. The van der Waals surface area contributed by atoms with E-state index in [0.29, 0.717) is 13.2 Å². The lowest BCUT2D eigenvalue weighted by Gasteiger charge is -2.34. The molecule has 0 spiro atoms. The smallest absolute Gasteiger partial charge is 0.314 e. The highest BCUT2D eigenvalue weighted by Crippen LogP contribution is 2.17. The van der Waals surface area contributed by atoms with Crippen LogP contribution in [0.3, 0.4) is 0 Å². The number of rotatable bonds is 6. The van der Waals surface area contributed by atoms with Crippen molar-refractivity contribution in [2.24, 2.45) is 5.92 Å². The number of hydrogen-bond donors (Lipinski definition) is 2. The summed E-state index contributed by atoms with van der Waals surface area (Å²) in [5.74, 6) is 0.0695. The van der Waals surface area contributed by atoms with E-state index in [1.54, 1.807) is 0 Å². The van der Waals surface area contributed by atoms with Gasteiger partial charge in [0, 0.05) is 5.56 Å². The third-order valence-corrected chi connectivity index (χ3v) is 6.78. The quantitative estimate of drug-likeness (QED) is 0.637. The van der Waals surface area contributed by atoms with Gasteiger partial charge in [-0.25, -0.2) is 0 Å². The predicted octanol–water partition coefficient (Wildman–Crippen LogP) is -0.0751. The van der Waals surface area contributed by atoms with Gasteiger partial charge in [-0.3, -0.25) is 9.59 Å². The number of nitrogens with one attached hydrogen (secondary N) is 2. The van der Waals surface area contributed by atoms with Crippen molar-refractivity contribution in [3.63, 3.8) is 0 Å². The molecule has 2 aliphatic rings. The maximum absolute atomic E-state index is 12.9. The first-order valence-electron chi connectivity index (χ1n) is 11.7. The normalized spacial score (nSPS) is 22.4. The van der Waals surface area contributed by atoms with Gasteiger partial charge in [0.1, 0.15) is 12.5 Å². The molecule has 0 aliphatic carbocycles. The van der Waals surface area contributed by atoms with Gasteiger partial charge < -0.3 is 19.4 Å². The van der Waals surface area contributed by atoms with E-state index in [9.17, 15) is 9.59 Å². The van der Waals surface area contributed by atoms with Gasteiger partial charge in [-0.05, 0) is 30.5 Å². The van der Waals surface area contributed by atoms with Crippen molar-refractivity contribution in [2.75, 3.05) is 52.4 Å². The number of hydrogen-bond acceptors (Lipinski definition) is 3. The average molecular weight is 426 g/mol. The molecule has 1 unspecified atom stereocenters. The van der Waals surface area contributed by atoms with Crippen LogP contribution in [-0.4, -0.2) is 69.2 Å². The zero-order valence-corrected chi connectivity index (χ0v) is 18.6. The third kappa shape index (κ3) is 5.43. The molecule has 2 N–H and O–H groups in total. The van der Waals surface area contributed by atoms with Crippen LogP contribution in [0.25, 0.3) is 10.8 Å². The van der Waals surface area contributed by atoms with Crippen LogP contribution >= 0.6 is 0 Å². The van der Waals surface area contributed by atoms with Crippen molar-refractivity contribution in [3.8, 4) is 0 Å². The zero-order chi connectivity index (χ0) is 21.6. The minimum atomic E-state index is -0.0993. The number of likely N-dealkylation sites (tertiary alicyclic amines) is 1. The summed E-state index contributed by atoms with van der Waals surface area (Å²) >= 11 is 0. The second kappa shape index (κ2) is 10.2. The largest absolute Gasteiger partial charge is 0.466 e. The Balaban J connectivity index is 1.26. The SMILES string of the molecule is CCOC(=O)[C@@H]1CCC[NH+](CC(=O)N2CC[NH+](Cc3cccc4ccccc34)CC2)C1. The maximum Gasteiger partial charge on any atom is 0.314 e. The molecule has 2 heterocycles. The number of carbonyl (C=O) groups excluding carboxylic acids is 2. The number of piperazine rings is 1. The first kappa shape index (κ1) is 21.8. The van der Waals surface area contributed by atoms with Crippen molar-refractivity contribution >= 4 is 22.6 Å². The lowest BCUT2D eigenvalue weighted by atomic mass is 9.98. The molecule has 4 rings (SSSR count). The van der Waals surface area contributed by atoms with Crippen LogP contribution in [0.15, 0.2) is 42.5 Å². The van der Waals surface area contributed by atoms with Crippen LogP contribution in [0.1, 0.15) is 25.3 Å². The third-order valence-electron chi connectivity index (χ3n) is 6.78. The number of benzene rings is 2. The van der Waals surface area contributed by atoms with E-state index in [1.807, 2.05) is 11.8 Å². The molecule has 0 saturated carbocycles. The summed E-state index contributed by atoms with van der Waals surface area (Å²) in [7, 11) is 0. The Hall–Kier alpha value is -2.44. The van der Waals surface area contributed by atoms with Crippen LogP contribution in [0, 0.1) is 5.92 Å². The molecule has 0 aromatic heterocycles. The molecule has 31 heavy (non-hydrogen) atoms. The highest BCUT2D eigenvalue weighted by Gasteiger charge is 2.33. The molecule has 166 valence electrons. The summed E-state index contributed by atoms with van der Waals surface area (Å²) in [6.07, 6.45) is 1.86. The van der Waals surface area contributed by atoms with E-state index in [-0.39, 0.29) is 17.8 Å². The minimum Gasteiger partial charge on any atom is -0.466 e. The first-order valence-corrected chi connectivity index (χ1v) is 11.7. The molecule has 2 aliphatic heterocycles. The van der Waals surface area contributed by atoms with Crippen molar-refractivity contribution in [3.05, 3.63) is 48.0 Å². The van der Waals surface area contributed by atoms with E-state index in [1.165, 1.54) is 26.1 Å². The van der Waals surface area contributed by atoms with Crippen molar-refractivity contribution in [2.45, 2.75) is 26.3 Å². The molecule has 2 atom stereocenters. The van der Waals surface area contributed by atoms with E-state index < -0.39 is 0 Å². The van der Waals surface area contributed by atoms with Crippen LogP contribution in [0.4, 0.5) is 0 Å². The fourth-order valence-electron chi connectivity index (χ4n) is 5.06. The summed E-state index contributed by atoms with van der Waals surface area (Å²) in [5.41, 5.74) is 1.38. The maximum atomic E-state index is 12.9. The Morgan fingerprint density at radius 3 is 2.61 bits per heavy atom. The monoisotopic (exact) mass is 425 g/mol. The molecule has 0 radical (unpaired) electrons. The Morgan fingerprint density at radius 2 is 1.81 bits per heavy atom. The fourth-order valence-corrected chi connectivity index (χ4v) is 5.06. The molecular formula is C25H35N3O3+2. The summed E-state index contributed by atoms with van der Waals surface area (Å²) in [5, 5.41) is 2.62. The molecule has 6 heteroatoms. The van der Waals surface area contributed by atoms with Gasteiger partial charge in [0.15, 0.2) is 6.54 Å². The fraction of sp³-hybridized carbons (Fsp3) is 0.520. The Morgan fingerprint density at radius 1 is 1.03 bits per heavy atom. The molecule has 2 fully saturated rings. The van der Waals surface area contributed by atoms with E-state index >= 15 is 0 Å². The first-order chi connectivity index (χ1) is 15.1. The van der Waals surface area contributed by atoms with Crippen LogP contribution in [0.5, 0.6) is 0 Å². The Bertz CT molecular complexity index is 903. The second-order valence-electron chi connectivity index (χ2n) is 8.92. The van der Waals surface area contributed by atoms with Crippen LogP contribution < -0.4 is 9.80 Å². The van der Waals surface area contributed by atoms with Crippen molar-refractivity contribution in [1.82, 2.24) is 4.90 Å². The number of amides is 1. The highest BCUT2D eigenvalue weighted by molar-refractivity contribution is 5.85. The molecule has 2 aromatic rings. The lowest BCUT2D eigenvalue weighted by molar-refractivity contribution is -0.918. The second-order valence-corrected chi connectivity index (χ2v) is 8.92. The summed E-state index contributed by atoms with van der Waals surface area (Å²) in [6, 6.07) is 15.1. The molecule has 6 nitrogen and oxygen atoms in total. The van der Waals surface area contributed by atoms with Gasteiger partial charge in [-0.15, -0.1) is 0 Å². The van der Waals surface area contributed by atoms with E-state index in [4.69, 9.17) is 4.74 Å². The van der Waals surface area contributed by atoms with E-state index in [0.717, 1.165) is 58.7 Å². The number of ether oxygens (including phenoxy) is 1. The Labute approximate surface area is 184 Å². The number of nitrogens with zero attached hydrogens (tertiary/aromatic N) is 1. The zero-order valence-electron chi connectivity index (χ0n) is 18.6.